The molecule has 1 amide bonds. The molecule has 0 aliphatic carbocycles. The van der Waals surface area contributed by atoms with Crippen molar-refractivity contribution in [3.8, 4) is 11.5 Å². The highest BCUT2D eigenvalue weighted by atomic mass is 127. The van der Waals surface area contributed by atoms with E-state index >= 15 is 0 Å². The van der Waals surface area contributed by atoms with Crippen molar-refractivity contribution in [1.82, 2.24) is 5.32 Å². The van der Waals surface area contributed by atoms with E-state index in [4.69, 9.17) is 9.47 Å². The quantitative estimate of drug-likeness (QED) is 0.230. The lowest BCUT2D eigenvalue weighted by molar-refractivity contribution is -0.132. The second-order valence-electron chi connectivity index (χ2n) is 6.83. The van der Waals surface area contributed by atoms with E-state index < -0.39 is 11.9 Å². The van der Waals surface area contributed by atoms with Crippen molar-refractivity contribution < 1.29 is 24.2 Å². The first kappa shape index (κ1) is 24.8. The van der Waals surface area contributed by atoms with Gasteiger partial charge in [-0.2, -0.15) is 0 Å². The Morgan fingerprint density at radius 2 is 1.76 bits per heavy atom. The number of halogens is 2. The van der Waals surface area contributed by atoms with Gasteiger partial charge in [-0.15, -0.1) is 0 Å². The predicted octanol–water partition coefficient (Wildman–Crippen LogP) is 5.89. The van der Waals surface area contributed by atoms with Crippen LogP contribution >= 0.6 is 38.5 Å². The van der Waals surface area contributed by atoms with Crippen LogP contribution in [-0.2, 0) is 11.4 Å². The van der Waals surface area contributed by atoms with Crippen molar-refractivity contribution in [2.75, 3.05) is 6.61 Å². The Balaban J connectivity index is 1.88. The topological polar surface area (TPSA) is 84.9 Å². The van der Waals surface area contributed by atoms with E-state index in [2.05, 4.69) is 43.8 Å². The van der Waals surface area contributed by atoms with Gasteiger partial charge in [-0.1, -0.05) is 36.4 Å². The van der Waals surface area contributed by atoms with Crippen LogP contribution in [0.5, 0.6) is 11.5 Å². The molecule has 6 nitrogen and oxygen atoms in total. The SMILES string of the molecule is CCOc1cc(/C=C(/NC(=O)c2ccccc2)C(=O)O)cc(Br)c1OCc1ccccc1I. The molecule has 0 saturated heterocycles. The van der Waals surface area contributed by atoms with Gasteiger partial charge in [0.25, 0.3) is 5.91 Å². The van der Waals surface area contributed by atoms with E-state index in [0.717, 1.165) is 9.13 Å². The molecule has 8 heteroatoms. The van der Waals surface area contributed by atoms with Gasteiger partial charge in [-0.25, -0.2) is 4.79 Å². The average molecular weight is 622 g/mol. The molecule has 0 aliphatic rings. The summed E-state index contributed by atoms with van der Waals surface area (Å²) in [6, 6.07) is 19.7. The van der Waals surface area contributed by atoms with Crippen LogP contribution in [0.15, 0.2) is 76.9 Å². The zero-order valence-corrected chi connectivity index (χ0v) is 21.4. The summed E-state index contributed by atoms with van der Waals surface area (Å²) >= 11 is 5.76. The van der Waals surface area contributed by atoms with Crippen LogP contribution in [0.4, 0.5) is 0 Å². The molecule has 0 unspecified atom stereocenters. The number of benzene rings is 3. The summed E-state index contributed by atoms with van der Waals surface area (Å²) in [4.78, 5) is 24.2. The molecule has 0 heterocycles. The molecule has 0 aliphatic heterocycles. The summed E-state index contributed by atoms with van der Waals surface area (Å²) in [6.45, 7) is 2.60. The van der Waals surface area contributed by atoms with Crippen LogP contribution in [0.25, 0.3) is 6.08 Å². The molecule has 3 rings (SSSR count). The zero-order chi connectivity index (χ0) is 23.8. The number of amides is 1. The number of carboxylic acids is 1. The van der Waals surface area contributed by atoms with Gasteiger partial charge in [-0.3, -0.25) is 4.79 Å². The number of ether oxygens (including phenoxy) is 2. The van der Waals surface area contributed by atoms with E-state index in [9.17, 15) is 14.7 Å². The number of carbonyl (C=O) groups is 2. The second-order valence-corrected chi connectivity index (χ2v) is 8.84. The van der Waals surface area contributed by atoms with E-state index in [1.54, 1.807) is 42.5 Å². The maximum Gasteiger partial charge on any atom is 0.352 e. The molecule has 0 fully saturated rings. The fraction of sp³-hybridized carbons (Fsp3) is 0.120. The van der Waals surface area contributed by atoms with Crippen molar-refractivity contribution in [2.24, 2.45) is 0 Å². The van der Waals surface area contributed by atoms with Gasteiger partial charge in [-0.05, 0) is 87.4 Å². The lowest BCUT2D eigenvalue weighted by Gasteiger charge is -2.15. The monoisotopic (exact) mass is 621 g/mol. The largest absolute Gasteiger partial charge is 0.490 e. The highest BCUT2D eigenvalue weighted by Gasteiger charge is 2.16. The Bertz CT molecular complexity index is 1180. The van der Waals surface area contributed by atoms with Crippen molar-refractivity contribution in [3.05, 3.63) is 97.2 Å². The predicted molar refractivity (Wildman–Crippen MR) is 138 cm³/mol. The lowest BCUT2D eigenvalue weighted by Crippen LogP contribution is -2.27. The third-order valence-electron chi connectivity index (χ3n) is 4.49. The summed E-state index contributed by atoms with van der Waals surface area (Å²) in [5.74, 6) is -0.792. The molecule has 2 N–H and O–H groups in total. The highest BCUT2D eigenvalue weighted by Crippen LogP contribution is 2.38. The number of carbonyl (C=O) groups excluding carboxylic acids is 1. The third-order valence-corrected chi connectivity index (χ3v) is 6.13. The Kier molecular flexibility index (Phi) is 8.90. The minimum Gasteiger partial charge on any atom is -0.490 e. The van der Waals surface area contributed by atoms with Crippen LogP contribution in [0.2, 0.25) is 0 Å². The molecular formula is C25H21BrINO5. The van der Waals surface area contributed by atoms with Crippen molar-refractivity contribution >= 4 is 56.5 Å². The normalized spacial score (nSPS) is 11.1. The molecular weight excluding hydrogens is 601 g/mol. The fourth-order valence-electron chi connectivity index (χ4n) is 2.94. The Morgan fingerprint density at radius 1 is 1.06 bits per heavy atom. The number of nitrogens with one attached hydrogen (secondary N) is 1. The maximum absolute atomic E-state index is 12.4. The summed E-state index contributed by atoms with van der Waals surface area (Å²) in [6.07, 6.45) is 1.38. The first-order valence-electron chi connectivity index (χ1n) is 10.0. The number of rotatable bonds is 9. The van der Waals surface area contributed by atoms with Gasteiger partial charge in [0.05, 0.1) is 11.1 Å². The van der Waals surface area contributed by atoms with Gasteiger partial charge in [0.15, 0.2) is 11.5 Å². The standard InChI is InChI=1S/C25H21BrINO5/c1-2-32-22-14-16(12-19(26)23(22)33-15-18-10-6-7-11-20(18)27)13-21(25(30)31)28-24(29)17-8-4-3-5-9-17/h3-14H,2,15H2,1H3,(H,28,29)(H,30,31)/b21-13+. The molecule has 0 spiro atoms. The van der Waals surface area contributed by atoms with Gasteiger partial charge < -0.3 is 19.9 Å². The van der Waals surface area contributed by atoms with Crippen LogP contribution in [0.3, 0.4) is 0 Å². The lowest BCUT2D eigenvalue weighted by atomic mass is 10.1. The van der Waals surface area contributed by atoms with Gasteiger partial charge in [0.2, 0.25) is 0 Å². The molecule has 0 bridgehead atoms. The second kappa shape index (κ2) is 11.9. The summed E-state index contributed by atoms with van der Waals surface area (Å²) in [5.41, 5.74) is 1.66. The maximum atomic E-state index is 12.4. The van der Waals surface area contributed by atoms with E-state index in [1.165, 1.54) is 6.08 Å². The number of hydrogen-bond acceptors (Lipinski definition) is 4. The minimum atomic E-state index is -1.26. The average Bonchev–Trinajstić information content (AvgIpc) is 2.80. The Hall–Kier alpha value is -2.85. The summed E-state index contributed by atoms with van der Waals surface area (Å²) in [5, 5.41) is 12.1. The summed E-state index contributed by atoms with van der Waals surface area (Å²) < 4.78 is 13.5. The third kappa shape index (κ3) is 6.82. The van der Waals surface area contributed by atoms with Crippen LogP contribution < -0.4 is 14.8 Å². The first-order valence-corrected chi connectivity index (χ1v) is 11.9. The van der Waals surface area contributed by atoms with Crippen molar-refractivity contribution in [1.29, 1.82) is 0 Å². The smallest absolute Gasteiger partial charge is 0.352 e. The Morgan fingerprint density at radius 3 is 2.42 bits per heavy atom. The number of carboxylic acid groups (broad SMARTS) is 1. The van der Waals surface area contributed by atoms with Crippen LogP contribution in [-0.4, -0.2) is 23.6 Å². The van der Waals surface area contributed by atoms with Gasteiger partial charge >= 0.3 is 5.97 Å². The molecule has 3 aromatic carbocycles. The van der Waals surface area contributed by atoms with Crippen LogP contribution in [0.1, 0.15) is 28.4 Å². The Labute approximate surface area is 213 Å². The summed E-state index contributed by atoms with van der Waals surface area (Å²) in [7, 11) is 0. The highest BCUT2D eigenvalue weighted by molar-refractivity contribution is 14.1. The van der Waals surface area contributed by atoms with Crippen molar-refractivity contribution in [2.45, 2.75) is 13.5 Å². The molecule has 0 radical (unpaired) electrons. The van der Waals surface area contributed by atoms with Gasteiger partial charge in [0, 0.05) is 14.7 Å². The minimum absolute atomic E-state index is 0.259. The molecule has 33 heavy (non-hydrogen) atoms. The molecule has 170 valence electrons. The van der Waals surface area contributed by atoms with Crippen molar-refractivity contribution in [3.63, 3.8) is 0 Å². The fourth-order valence-corrected chi connectivity index (χ4v) is 4.06. The number of hydrogen-bond donors (Lipinski definition) is 2. The van der Waals surface area contributed by atoms with Crippen LogP contribution in [0, 0.1) is 3.57 Å². The van der Waals surface area contributed by atoms with Gasteiger partial charge in [0.1, 0.15) is 12.3 Å². The van der Waals surface area contributed by atoms with E-state index in [0.29, 0.717) is 40.3 Å². The first-order chi connectivity index (χ1) is 15.9. The zero-order valence-electron chi connectivity index (χ0n) is 17.7. The molecule has 3 aromatic rings. The molecule has 0 saturated carbocycles. The van der Waals surface area contributed by atoms with E-state index in [-0.39, 0.29) is 5.70 Å². The molecule has 0 atom stereocenters. The van der Waals surface area contributed by atoms with E-state index in [1.807, 2.05) is 31.2 Å². The number of aliphatic carboxylic acids is 1. The molecule has 0 aromatic heterocycles.